The number of hydrogen-bond acceptors (Lipinski definition) is 4. The summed E-state index contributed by atoms with van der Waals surface area (Å²) in [4.78, 5) is 24.3. The molecule has 1 amide bonds. The molecule has 0 aliphatic heterocycles. The zero-order chi connectivity index (χ0) is 19.1. The number of benzene rings is 1. The predicted molar refractivity (Wildman–Crippen MR) is 105 cm³/mol. The van der Waals surface area contributed by atoms with Gasteiger partial charge in [0.15, 0.2) is 0 Å². The number of nitrogens with zero attached hydrogens (tertiary/aromatic N) is 2. The van der Waals surface area contributed by atoms with Gasteiger partial charge in [-0.05, 0) is 50.1 Å². The van der Waals surface area contributed by atoms with Crippen LogP contribution in [0.25, 0.3) is 11.3 Å². The fourth-order valence-corrected chi connectivity index (χ4v) is 3.41. The maximum absolute atomic E-state index is 12.2. The van der Waals surface area contributed by atoms with Crippen molar-refractivity contribution in [3.8, 4) is 17.0 Å². The molecule has 1 aromatic heterocycles. The van der Waals surface area contributed by atoms with Crippen molar-refractivity contribution in [1.29, 1.82) is 0 Å². The van der Waals surface area contributed by atoms with Crippen molar-refractivity contribution < 1.29 is 9.53 Å². The molecule has 0 bridgehead atoms. The van der Waals surface area contributed by atoms with E-state index in [1.165, 1.54) is 30.0 Å². The Morgan fingerprint density at radius 3 is 2.59 bits per heavy atom. The Hall–Kier alpha value is -2.63. The smallest absolute Gasteiger partial charge is 0.266 e. The Morgan fingerprint density at radius 2 is 1.89 bits per heavy atom. The number of aromatic nitrogens is 2. The van der Waals surface area contributed by atoms with E-state index in [0.29, 0.717) is 12.3 Å². The minimum absolute atomic E-state index is 0.0120. The minimum Gasteiger partial charge on any atom is -0.494 e. The fraction of sp³-hybridized carbons (Fsp3) is 0.476. The average Bonchev–Trinajstić information content (AvgIpc) is 2.69. The van der Waals surface area contributed by atoms with Crippen LogP contribution in [0.3, 0.4) is 0 Å². The van der Waals surface area contributed by atoms with Gasteiger partial charge in [0.05, 0.1) is 18.8 Å². The third kappa shape index (κ3) is 5.42. The first-order valence-electron chi connectivity index (χ1n) is 9.76. The molecule has 144 valence electrons. The van der Waals surface area contributed by atoms with Gasteiger partial charge in [-0.15, -0.1) is 0 Å². The van der Waals surface area contributed by atoms with Crippen LogP contribution in [0, 0.1) is 0 Å². The second-order valence-corrected chi connectivity index (χ2v) is 6.89. The van der Waals surface area contributed by atoms with Gasteiger partial charge in [0.1, 0.15) is 5.75 Å². The van der Waals surface area contributed by atoms with Crippen LogP contribution in [0.4, 0.5) is 0 Å². The predicted octanol–water partition coefficient (Wildman–Crippen LogP) is 3.15. The highest BCUT2D eigenvalue weighted by Gasteiger charge is 2.15. The summed E-state index contributed by atoms with van der Waals surface area (Å²) in [5.41, 5.74) is 1.40. The Balaban J connectivity index is 1.62. The molecule has 1 heterocycles. The van der Waals surface area contributed by atoms with E-state index in [2.05, 4.69) is 10.4 Å². The van der Waals surface area contributed by atoms with Crippen LogP contribution in [-0.2, 0) is 11.3 Å². The maximum Gasteiger partial charge on any atom is 0.266 e. The van der Waals surface area contributed by atoms with E-state index < -0.39 is 0 Å². The summed E-state index contributed by atoms with van der Waals surface area (Å²) in [6.07, 6.45) is 5.97. The molecule has 1 aromatic carbocycles. The van der Waals surface area contributed by atoms with Crippen LogP contribution in [0.1, 0.15) is 45.4 Å². The molecule has 27 heavy (non-hydrogen) atoms. The van der Waals surface area contributed by atoms with E-state index in [-0.39, 0.29) is 30.5 Å². The zero-order valence-corrected chi connectivity index (χ0v) is 15.8. The number of rotatable bonds is 7. The summed E-state index contributed by atoms with van der Waals surface area (Å²) in [6.45, 7) is 2.84. The van der Waals surface area contributed by atoms with Crippen LogP contribution in [-0.4, -0.2) is 28.3 Å². The highest BCUT2D eigenvalue weighted by Crippen LogP contribution is 2.20. The number of hydrogen-bond donors (Lipinski definition) is 1. The molecule has 3 rings (SSSR count). The standard InChI is InChI=1S/C21H27N3O3/c1-2-27-18-10-8-16(9-11-18)19-12-13-21(26)24(23-19)15-14-20(25)22-17-6-4-3-5-7-17/h8-13,17H,2-7,14-15H2,1H3,(H,22,25). The molecule has 0 unspecified atom stereocenters. The van der Waals surface area contributed by atoms with Crippen LogP contribution in [0.15, 0.2) is 41.2 Å². The number of amides is 1. The molecule has 1 aliphatic rings. The molecule has 6 nitrogen and oxygen atoms in total. The van der Waals surface area contributed by atoms with Gasteiger partial charge in [-0.3, -0.25) is 9.59 Å². The first-order valence-corrected chi connectivity index (χ1v) is 9.76. The van der Waals surface area contributed by atoms with Crippen molar-refractivity contribution in [2.45, 2.75) is 58.0 Å². The molecule has 0 saturated heterocycles. The largest absolute Gasteiger partial charge is 0.494 e. The summed E-state index contributed by atoms with van der Waals surface area (Å²) >= 11 is 0. The lowest BCUT2D eigenvalue weighted by molar-refractivity contribution is -0.122. The lowest BCUT2D eigenvalue weighted by Crippen LogP contribution is -2.37. The van der Waals surface area contributed by atoms with Gasteiger partial charge >= 0.3 is 0 Å². The van der Waals surface area contributed by atoms with Gasteiger partial charge in [-0.1, -0.05) is 19.3 Å². The molecule has 2 aromatic rings. The van der Waals surface area contributed by atoms with Gasteiger partial charge < -0.3 is 10.1 Å². The molecule has 6 heteroatoms. The Bertz CT molecular complexity index is 808. The SMILES string of the molecule is CCOc1ccc(-c2ccc(=O)n(CCC(=O)NC3CCCCC3)n2)cc1. The number of aryl methyl sites for hydroxylation is 1. The summed E-state index contributed by atoms with van der Waals surface area (Å²) in [5, 5.41) is 7.50. The third-order valence-electron chi connectivity index (χ3n) is 4.85. The zero-order valence-electron chi connectivity index (χ0n) is 15.8. The molecular formula is C21H27N3O3. The van der Waals surface area contributed by atoms with E-state index in [1.54, 1.807) is 6.07 Å². The fourth-order valence-electron chi connectivity index (χ4n) is 3.41. The Kier molecular flexibility index (Phi) is 6.63. The third-order valence-corrected chi connectivity index (χ3v) is 4.85. The minimum atomic E-state index is -0.199. The van der Waals surface area contributed by atoms with Gasteiger partial charge in [0.25, 0.3) is 5.56 Å². The van der Waals surface area contributed by atoms with Crippen molar-refractivity contribution in [3.05, 3.63) is 46.8 Å². The Morgan fingerprint density at radius 1 is 1.15 bits per heavy atom. The molecule has 0 atom stereocenters. The van der Waals surface area contributed by atoms with Gasteiger partial charge in [-0.2, -0.15) is 5.10 Å². The highest BCUT2D eigenvalue weighted by atomic mass is 16.5. The van der Waals surface area contributed by atoms with Gasteiger partial charge in [0.2, 0.25) is 5.91 Å². The molecule has 0 spiro atoms. The van der Waals surface area contributed by atoms with Crippen molar-refractivity contribution in [1.82, 2.24) is 15.1 Å². The molecular weight excluding hydrogens is 342 g/mol. The summed E-state index contributed by atoms with van der Waals surface area (Å²) in [6, 6.07) is 11.1. The molecule has 1 N–H and O–H groups in total. The van der Waals surface area contributed by atoms with E-state index in [9.17, 15) is 9.59 Å². The van der Waals surface area contributed by atoms with Crippen LogP contribution in [0.2, 0.25) is 0 Å². The maximum atomic E-state index is 12.2. The van der Waals surface area contributed by atoms with Crippen LogP contribution >= 0.6 is 0 Å². The van der Waals surface area contributed by atoms with Crippen molar-refractivity contribution in [2.75, 3.05) is 6.61 Å². The topological polar surface area (TPSA) is 73.2 Å². The van der Waals surface area contributed by atoms with Crippen molar-refractivity contribution in [2.24, 2.45) is 0 Å². The highest BCUT2D eigenvalue weighted by molar-refractivity contribution is 5.76. The molecule has 0 radical (unpaired) electrons. The number of ether oxygens (including phenoxy) is 1. The van der Waals surface area contributed by atoms with E-state index in [1.807, 2.05) is 31.2 Å². The number of carbonyl (C=O) groups is 1. The van der Waals surface area contributed by atoms with Gasteiger partial charge in [0, 0.05) is 24.1 Å². The van der Waals surface area contributed by atoms with Crippen LogP contribution < -0.4 is 15.6 Å². The van der Waals surface area contributed by atoms with E-state index >= 15 is 0 Å². The number of carbonyl (C=O) groups excluding carboxylic acids is 1. The monoisotopic (exact) mass is 369 g/mol. The number of nitrogens with one attached hydrogen (secondary N) is 1. The molecule has 1 aliphatic carbocycles. The van der Waals surface area contributed by atoms with Crippen molar-refractivity contribution in [3.63, 3.8) is 0 Å². The molecule has 1 saturated carbocycles. The van der Waals surface area contributed by atoms with Crippen molar-refractivity contribution >= 4 is 5.91 Å². The Labute approximate surface area is 159 Å². The lowest BCUT2D eigenvalue weighted by atomic mass is 9.95. The molecule has 1 fully saturated rings. The summed E-state index contributed by atoms with van der Waals surface area (Å²) in [7, 11) is 0. The van der Waals surface area contributed by atoms with Gasteiger partial charge in [-0.25, -0.2) is 4.68 Å². The second kappa shape index (κ2) is 9.35. The first-order chi connectivity index (χ1) is 13.2. The first kappa shape index (κ1) is 19.1. The van der Waals surface area contributed by atoms with E-state index in [4.69, 9.17) is 4.74 Å². The van der Waals surface area contributed by atoms with Crippen LogP contribution in [0.5, 0.6) is 5.75 Å². The normalized spacial score (nSPS) is 14.7. The van der Waals surface area contributed by atoms with E-state index in [0.717, 1.165) is 24.2 Å². The quantitative estimate of drug-likeness (QED) is 0.814. The summed E-state index contributed by atoms with van der Waals surface area (Å²) in [5.74, 6) is 0.788. The lowest BCUT2D eigenvalue weighted by Gasteiger charge is -2.22. The summed E-state index contributed by atoms with van der Waals surface area (Å²) < 4.78 is 6.81. The second-order valence-electron chi connectivity index (χ2n) is 6.89. The average molecular weight is 369 g/mol.